The summed E-state index contributed by atoms with van der Waals surface area (Å²) < 4.78 is 5.43. The van der Waals surface area contributed by atoms with Crippen LogP contribution in [0.4, 0.5) is 0 Å². The molecule has 234 valence electrons. The molecule has 3 aliphatic rings. The predicted molar refractivity (Wildman–Crippen MR) is 170 cm³/mol. The number of rotatable bonds is 10. The molecule has 0 bridgehead atoms. The zero-order chi connectivity index (χ0) is 31.6. The molecule has 3 N–H and O–H groups in total. The van der Waals surface area contributed by atoms with Crippen LogP contribution in [0.3, 0.4) is 0 Å². The molecule has 0 saturated carbocycles. The molecule has 1 aromatic heterocycles. The van der Waals surface area contributed by atoms with Gasteiger partial charge in [-0.1, -0.05) is 92.2 Å². The van der Waals surface area contributed by atoms with E-state index in [1.807, 2.05) is 54.6 Å². The molecule has 0 spiro atoms. The van der Waals surface area contributed by atoms with Crippen LogP contribution in [0.15, 0.2) is 102 Å². The van der Waals surface area contributed by atoms with Crippen molar-refractivity contribution in [3.05, 3.63) is 113 Å². The third-order valence-corrected chi connectivity index (χ3v) is 8.93. The Morgan fingerprint density at radius 3 is 2.42 bits per heavy atom. The fraction of sp³-hybridized carbons (Fsp3) is 0.286. The van der Waals surface area contributed by atoms with Crippen molar-refractivity contribution in [2.75, 3.05) is 6.54 Å². The fourth-order valence-corrected chi connectivity index (χ4v) is 6.55. The quantitative estimate of drug-likeness (QED) is 0.109. The average molecular weight is 664 g/mol. The van der Waals surface area contributed by atoms with Gasteiger partial charge in [0.2, 0.25) is 5.82 Å². The number of esters is 1. The van der Waals surface area contributed by atoms with Gasteiger partial charge in [-0.15, -0.1) is 10.2 Å². The van der Waals surface area contributed by atoms with Crippen LogP contribution >= 0.6 is 0 Å². The van der Waals surface area contributed by atoms with E-state index in [4.69, 9.17) is 4.74 Å². The summed E-state index contributed by atoms with van der Waals surface area (Å²) in [6.45, 7) is 3.14. The number of carbonyl (C=O) groups excluding carboxylic acids is 2. The Hall–Kier alpha value is -3.45. The van der Waals surface area contributed by atoms with Crippen molar-refractivity contribution in [3.63, 3.8) is 0 Å². The van der Waals surface area contributed by atoms with Crippen LogP contribution in [-0.4, -0.2) is 66.2 Å². The fourth-order valence-electron chi connectivity index (χ4n) is 6.55. The van der Waals surface area contributed by atoms with E-state index >= 15 is 0 Å². The van der Waals surface area contributed by atoms with Gasteiger partial charge in [-0.25, -0.2) is 4.79 Å². The molecular weight excluding hydrogens is 628 g/mol. The van der Waals surface area contributed by atoms with E-state index in [9.17, 15) is 14.7 Å². The molecular formula is C35H35N7Na2O4+2. The van der Waals surface area contributed by atoms with E-state index in [2.05, 4.69) is 62.0 Å². The van der Waals surface area contributed by atoms with Crippen molar-refractivity contribution < 1.29 is 78.5 Å². The number of hydrogen-bond acceptors (Lipinski definition) is 9. The Balaban J connectivity index is 0.00000225. The molecule has 0 saturated heterocycles. The second-order valence-electron chi connectivity index (χ2n) is 11.8. The van der Waals surface area contributed by atoms with Gasteiger partial charge in [-0.3, -0.25) is 4.79 Å². The van der Waals surface area contributed by atoms with Crippen molar-refractivity contribution in [2.24, 2.45) is 0 Å². The summed E-state index contributed by atoms with van der Waals surface area (Å²) in [6, 6.07) is 25.1. The van der Waals surface area contributed by atoms with Gasteiger partial charge in [0.25, 0.3) is 5.91 Å². The maximum atomic E-state index is 13.5. The number of aliphatic hydroxyl groups excluding tert-OH is 1. The third-order valence-electron chi connectivity index (χ3n) is 8.93. The van der Waals surface area contributed by atoms with Gasteiger partial charge in [-0.2, -0.15) is 5.21 Å². The second-order valence-corrected chi connectivity index (χ2v) is 11.8. The Morgan fingerprint density at radius 1 is 0.979 bits per heavy atom. The van der Waals surface area contributed by atoms with Crippen molar-refractivity contribution in [1.29, 1.82) is 0 Å². The first-order valence-corrected chi connectivity index (χ1v) is 15.6. The smallest absolute Gasteiger partial charge is 0.509 e. The summed E-state index contributed by atoms with van der Waals surface area (Å²) in [6.07, 6.45) is 3.54. The van der Waals surface area contributed by atoms with Crippen LogP contribution in [0.2, 0.25) is 0 Å². The molecule has 4 aromatic rings. The van der Waals surface area contributed by atoms with Crippen LogP contribution in [0.5, 0.6) is 0 Å². The maximum Gasteiger partial charge on any atom is 1.00 e. The number of benzene rings is 3. The molecule has 1 amide bonds. The summed E-state index contributed by atoms with van der Waals surface area (Å²) >= 11 is 0. The van der Waals surface area contributed by atoms with Gasteiger partial charge in [0.05, 0.1) is 24.4 Å². The van der Waals surface area contributed by atoms with E-state index in [1.165, 1.54) is 0 Å². The minimum Gasteiger partial charge on any atom is -0.509 e. The van der Waals surface area contributed by atoms with Crippen LogP contribution in [0.25, 0.3) is 22.5 Å². The second kappa shape index (κ2) is 15.8. The number of H-pyrrole nitrogens is 1. The number of nitrogens with one attached hydrogen (secondary N) is 2. The molecule has 13 heteroatoms. The summed E-state index contributed by atoms with van der Waals surface area (Å²) in [5, 5.41) is 29.3. The Morgan fingerprint density at radius 2 is 1.71 bits per heavy atom. The van der Waals surface area contributed by atoms with Crippen molar-refractivity contribution in [3.8, 4) is 22.5 Å². The molecule has 4 heterocycles. The Kier molecular flexibility index (Phi) is 11.8. The SMILES string of the molecule is CCCCC1NC2=C(CN3C(=O)C(C(=O)OCc4ccccc4)=C(O)C3C2)N1Cc1ccc(-c2ccccc2-c2nn[nH]n2)cc1.[Na+].[Na+]. The molecule has 2 unspecified atom stereocenters. The van der Waals surface area contributed by atoms with Gasteiger partial charge < -0.3 is 25.0 Å². The minimum atomic E-state index is -0.799. The number of aliphatic hydroxyl groups is 1. The van der Waals surface area contributed by atoms with Gasteiger partial charge in [-0.05, 0) is 40.3 Å². The van der Waals surface area contributed by atoms with Gasteiger partial charge in [0.1, 0.15) is 12.4 Å². The third kappa shape index (κ3) is 7.12. The van der Waals surface area contributed by atoms with Crippen LogP contribution < -0.4 is 64.4 Å². The van der Waals surface area contributed by atoms with Gasteiger partial charge >= 0.3 is 65.1 Å². The molecule has 11 nitrogen and oxygen atoms in total. The van der Waals surface area contributed by atoms with E-state index < -0.39 is 17.9 Å². The summed E-state index contributed by atoms with van der Waals surface area (Å²) in [5.74, 6) is -0.959. The van der Waals surface area contributed by atoms with Gasteiger partial charge in [0, 0.05) is 24.2 Å². The molecule has 0 aliphatic carbocycles. The first kappa shape index (κ1) is 35.8. The monoisotopic (exact) mass is 663 g/mol. The molecule has 3 aliphatic heterocycles. The van der Waals surface area contributed by atoms with Crippen molar-refractivity contribution in [1.82, 2.24) is 35.7 Å². The number of unbranched alkanes of at least 4 members (excludes halogenated alkanes) is 1. The van der Waals surface area contributed by atoms with E-state index in [0.717, 1.165) is 58.5 Å². The van der Waals surface area contributed by atoms with Crippen LogP contribution in [0.1, 0.15) is 43.7 Å². The zero-order valence-electron chi connectivity index (χ0n) is 27.5. The van der Waals surface area contributed by atoms with E-state index in [1.54, 1.807) is 4.90 Å². The number of amides is 1. The number of carbonyl (C=O) groups is 2. The first-order chi connectivity index (χ1) is 22.5. The van der Waals surface area contributed by atoms with Crippen molar-refractivity contribution in [2.45, 2.75) is 58.0 Å². The molecule has 0 fully saturated rings. The maximum absolute atomic E-state index is 13.5. The normalized spacial score (nSPS) is 18.1. The molecule has 7 rings (SSSR count). The van der Waals surface area contributed by atoms with Crippen LogP contribution in [-0.2, 0) is 27.5 Å². The largest absolute Gasteiger partial charge is 1.00 e. The topological polar surface area (TPSA) is 137 Å². The number of fused-ring (bicyclic) bond motifs is 1. The number of aromatic amines is 1. The van der Waals surface area contributed by atoms with E-state index in [0.29, 0.717) is 25.3 Å². The standard InChI is InChI=1S/C35H35N7O4.2Na/c1-2-3-13-30-36-27-18-28-32(43)31(35(45)46-21-23-9-5-4-6-10-23)34(44)42(28)20-29(27)41(30)19-22-14-16-24(17-15-22)25-11-7-8-12-26(25)33-37-39-40-38-33;;/h4-12,14-17,28,30,36,43H,2-3,13,18-21H2,1H3,(H,37,38,39,40);;/q;2*+1. The average Bonchev–Trinajstić information content (AvgIpc) is 3.80. The van der Waals surface area contributed by atoms with Crippen LogP contribution in [0, 0.1) is 0 Å². The van der Waals surface area contributed by atoms with Crippen molar-refractivity contribution >= 4 is 11.9 Å². The van der Waals surface area contributed by atoms with Gasteiger partial charge in [0.15, 0.2) is 5.57 Å². The number of tetrazole rings is 1. The summed E-state index contributed by atoms with van der Waals surface area (Å²) in [5.41, 5.74) is 6.64. The predicted octanol–water partition coefficient (Wildman–Crippen LogP) is -1.16. The number of aromatic nitrogens is 4. The Labute approximate surface area is 323 Å². The molecule has 48 heavy (non-hydrogen) atoms. The number of nitrogens with zero attached hydrogens (tertiary/aromatic N) is 5. The molecule has 3 aromatic carbocycles. The Bertz CT molecular complexity index is 1810. The number of ether oxygens (including phenoxy) is 1. The summed E-state index contributed by atoms with van der Waals surface area (Å²) in [7, 11) is 0. The zero-order valence-corrected chi connectivity index (χ0v) is 31.5. The number of hydrogen-bond donors (Lipinski definition) is 3. The minimum absolute atomic E-state index is 0. The summed E-state index contributed by atoms with van der Waals surface area (Å²) in [4.78, 5) is 30.4. The van der Waals surface area contributed by atoms with E-state index in [-0.39, 0.29) is 83.2 Å². The molecule has 2 atom stereocenters. The first-order valence-electron chi connectivity index (χ1n) is 15.6. The molecule has 0 radical (unpaired) electrons.